The van der Waals surface area contributed by atoms with E-state index in [0.717, 1.165) is 30.5 Å². The van der Waals surface area contributed by atoms with E-state index in [0.29, 0.717) is 0 Å². The molecule has 0 spiro atoms. The van der Waals surface area contributed by atoms with Crippen LogP contribution in [0, 0.1) is 5.92 Å². The zero-order valence-corrected chi connectivity index (χ0v) is 9.62. The highest BCUT2D eigenvalue weighted by molar-refractivity contribution is 4.99. The second-order valence-electron chi connectivity index (χ2n) is 4.45. The van der Waals surface area contributed by atoms with Gasteiger partial charge in [-0.3, -0.25) is 0 Å². The normalized spacial score (nSPS) is 18.8. The van der Waals surface area contributed by atoms with E-state index in [4.69, 9.17) is 4.42 Å². The zero-order chi connectivity index (χ0) is 10.7. The molecule has 1 aromatic heterocycles. The molecule has 0 saturated heterocycles. The van der Waals surface area contributed by atoms with Crippen LogP contribution in [0.5, 0.6) is 0 Å². The van der Waals surface area contributed by atoms with Crippen molar-refractivity contribution in [3.05, 3.63) is 17.8 Å². The first-order valence-electron chi connectivity index (χ1n) is 5.97. The van der Waals surface area contributed by atoms with E-state index in [1.807, 2.05) is 6.20 Å². The first kappa shape index (κ1) is 10.7. The Balaban J connectivity index is 1.90. The third kappa shape index (κ3) is 2.59. The number of nitrogens with zero attached hydrogens (tertiary/aromatic N) is 1. The molecule has 1 heterocycles. The van der Waals surface area contributed by atoms with Crippen LogP contribution in [-0.4, -0.2) is 11.5 Å². The summed E-state index contributed by atoms with van der Waals surface area (Å²) in [4.78, 5) is 4.32. The van der Waals surface area contributed by atoms with Crippen LogP contribution >= 0.6 is 0 Å². The Labute approximate surface area is 91.3 Å². The van der Waals surface area contributed by atoms with Crippen molar-refractivity contribution in [2.24, 2.45) is 5.92 Å². The molecule has 3 heteroatoms. The summed E-state index contributed by atoms with van der Waals surface area (Å²) in [6.45, 7) is 5.12. The standard InChI is InChI=1S/C12H20N2O/c1-3-13-9(2)12-14-8-11(15-12)7-10-5-4-6-10/h8-10,13H,3-7H2,1-2H3. The van der Waals surface area contributed by atoms with Gasteiger partial charge in [-0.05, 0) is 19.4 Å². The van der Waals surface area contributed by atoms with Gasteiger partial charge in [-0.1, -0.05) is 26.2 Å². The van der Waals surface area contributed by atoms with E-state index in [2.05, 4.69) is 24.1 Å². The fraction of sp³-hybridized carbons (Fsp3) is 0.750. The molecule has 0 aromatic carbocycles. The zero-order valence-electron chi connectivity index (χ0n) is 9.62. The molecular formula is C12H20N2O. The van der Waals surface area contributed by atoms with Gasteiger partial charge in [0.05, 0.1) is 12.2 Å². The van der Waals surface area contributed by atoms with Gasteiger partial charge in [0.2, 0.25) is 5.89 Å². The second-order valence-corrected chi connectivity index (χ2v) is 4.45. The van der Waals surface area contributed by atoms with E-state index in [9.17, 15) is 0 Å². The fourth-order valence-electron chi connectivity index (χ4n) is 1.99. The summed E-state index contributed by atoms with van der Waals surface area (Å²) in [7, 11) is 0. The second kappa shape index (κ2) is 4.79. The highest BCUT2D eigenvalue weighted by atomic mass is 16.4. The monoisotopic (exact) mass is 208 g/mol. The van der Waals surface area contributed by atoms with E-state index in [1.165, 1.54) is 19.3 Å². The van der Waals surface area contributed by atoms with Crippen molar-refractivity contribution in [1.82, 2.24) is 10.3 Å². The molecule has 0 amide bonds. The summed E-state index contributed by atoms with van der Waals surface area (Å²) in [6.07, 6.45) is 7.07. The van der Waals surface area contributed by atoms with E-state index >= 15 is 0 Å². The third-order valence-electron chi connectivity index (χ3n) is 3.17. The topological polar surface area (TPSA) is 38.1 Å². The van der Waals surface area contributed by atoms with Crippen LogP contribution in [0.3, 0.4) is 0 Å². The summed E-state index contributed by atoms with van der Waals surface area (Å²) in [5, 5.41) is 3.30. The number of hydrogen-bond acceptors (Lipinski definition) is 3. The minimum atomic E-state index is 0.227. The molecular weight excluding hydrogens is 188 g/mol. The minimum Gasteiger partial charge on any atom is -0.444 e. The lowest BCUT2D eigenvalue weighted by Crippen LogP contribution is -2.17. The number of nitrogens with one attached hydrogen (secondary N) is 1. The first-order valence-corrected chi connectivity index (χ1v) is 5.97. The molecule has 0 radical (unpaired) electrons. The highest BCUT2D eigenvalue weighted by Gasteiger charge is 2.20. The Bertz CT molecular complexity index is 304. The van der Waals surface area contributed by atoms with E-state index < -0.39 is 0 Å². The van der Waals surface area contributed by atoms with Crippen molar-refractivity contribution in [1.29, 1.82) is 0 Å². The molecule has 1 fully saturated rings. The molecule has 15 heavy (non-hydrogen) atoms. The Hall–Kier alpha value is -0.830. The average Bonchev–Trinajstić information content (AvgIpc) is 2.60. The van der Waals surface area contributed by atoms with Gasteiger partial charge in [0.15, 0.2) is 0 Å². The molecule has 3 nitrogen and oxygen atoms in total. The smallest absolute Gasteiger partial charge is 0.211 e. The summed E-state index contributed by atoms with van der Waals surface area (Å²) >= 11 is 0. The SMILES string of the molecule is CCNC(C)c1ncc(CC2CCC2)o1. The van der Waals surface area contributed by atoms with Gasteiger partial charge in [0.25, 0.3) is 0 Å². The molecule has 2 rings (SSSR count). The van der Waals surface area contributed by atoms with E-state index in [-0.39, 0.29) is 6.04 Å². The highest BCUT2D eigenvalue weighted by Crippen LogP contribution is 2.30. The Morgan fingerprint density at radius 3 is 3.00 bits per heavy atom. The first-order chi connectivity index (χ1) is 7.29. The molecule has 1 atom stereocenters. The summed E-state index contributed by atoms with van der Waals surface area (Å²) < 4.78 is 5.73. The van der Waals surface area contributed by atoms with Crippen molar-refractivity contribution in [2.45, 2.75) is 45.6 Å². The predicted octanol–water partition coefficient (Wildman–Crippen LogP) is 2.69. The van der Waals surface area contributed by atoms with Gasteiger partial charge in [-0.25, -0.2) is 4.98 Å². The van der Waals surface area contributed by atoms with Crippen LogP contribution in [0.4, 0.5) is 0 Å². The number of hydrogen-bond donors (Lipinski definition) is 1. The largest absolute Gasteiger partial charge is 0.444 e. The van der Waals surface area contributed by atoms with Gasteiger partial charge in [-0.2, -0.15) is 0 Å². The van der Waals surface area contributed by atoms with Crippen molar-refractivity contribution in [3.8, 4) is 0 Å². The summed E-state index contributed by atoms with van der Waals surface area (Å²) in [6, 6.07) is 0.227. The van der Waals surface area contributed by atoms with E-state index in [1.54, 1.807) is 0 Å². The lowest BCUT2D eigenvalue weighted by molar-refractivity contribution is 0.287. The van der Waals surface area contributed by atoms with Crippen molar-refractivity contribution >= 4 is 0 Å². The lowest BCUT2D eigenvalue weighted by Gasteiger charge is -2.23. The number of rotatable bonds is 5. The number of aromatic nitrogens is 1. The fourth-order valence-corrected chi connectivity index (χ4v) is 1.99. The lowest BCUT2D eigenvalue weighted by atomic mass is 9.82. The molecule has 1 unspecified atom stereocenters. The summed E-state index contributed by atoms with van der Waals surface area (Å²) in [5.74, 6) is 2.73. The van der Waals surface area contributed by atoms with Crippen molar-refractivity contribution in [2.75, 3.05) is 6.54 Å². The Morgan fingerprint density at radius 2 is 2.40 bits per heavy atom. The maximum atomic E-state index is 5.73. The van der Waals surface area contributed by atoms with Gasteiger partial charge >= 0.3 is 0 Å². The van der Waals surface area contributed by atoms with Gasteiger partial charge in [-0.15, -0.1) is 0 Å². The third-order valence-corrected chi connectivity index (χ3v) is 3.17. The predicted molar refractivity (Wildman–Crippen MR) is 59.6 cm³/mol. The van der Waals surface area contributed by atoms with Gasteiger partial charge in [0, 0.05) is 6.42 Å². The van der Waals surface area contributed by atoms with Crippen LogP contribution in [0.1, 0.15) is 50.8 Å². The Kier molecular flexibility index (Phi) is 3.41. The van der Waals surface area contributed by atoms with Crippen molar-refractivity contribution in [3.63, 3.8) is 0 Å². The number of oxazole rings is 1. The molecule has 84 valence electrons. The molecule has 0 bridgehead atoms. The molecule has 1 N–H and O–H groups in total. The quantitative estimate of drug-likeness (QED) is 0.808. The van der Waals surface area contributed by atoms with Gasteiger partial charge in [0.1, 0.15) is 5.76 Å². The molecule has 1 aliphatic carbocycles. The average molecular weight is 208 g/mol. The molecule has 1 saturated carbocycles. The van der Waals surface area contributed by atoms with Crippen molar-refractivity contribution < 1.29 is 4.42 Å². The van der Waals surface area contributed by atoms with Crippen LogP contribution in [0.2, 0.25) is 0 Å². The maximum Gasteiger partial charge on any atom is 0.211 e. The minimum absolute atomic E-state index is 0.227. The summed E-state index contributed by atoms with van der Waals surface area (Å²) in [5.41, 5.74) is 0. The molecule has 1 aromatic rings. The molecule has 0 aliphatic heterocycles. The van der Waals surface area contributed by atoms with Crippen LogP contribution < -0.4 is 5.32 Å². The maximum absolute atomic E-state index is 5.73. The molecule has 1 aliphatic rings. The van der Waals surface area contributed by atoms with Gasteiger partial charge < -0.3 is 9.73 Å². The van der Waals surface area contributed by atoms with Crippen LogP contribution in [-0.2, 0) is 6.42 Å². The Morgan fingerprint density at radius 1 is 1.60 bits per heavy atom. The van der Waals surface area contributed by atoms with Crippen LogP contribution in [0.15, 0.2) is 10.6 Å². The van der Waals surface area contributed by atoms with Crippen LogP contribution in [0.25, 0.3) is 0 Å².